The maximum absolute atomic E-state index is 11.2. The lowest BCUT2D eigenvalue weighted by molar-refractivity contribution is -0.144. The van der Waals surface area contributed by atoms with Gasteiger partial charge in [0.2, 0.25) is 0 Å². The van der Waals surface area contributed by atoms with Gasteiger partial charge in [0.15, 0.2) is 0 Å². The smallest absolute Gasteiger partial charge is 0.323 e. The molecule has 0 unspecified atom stereocenters. The van der Waals surface area contributed by atoms with Crippen molar-refractivity contribution in [1.29, 1.82) is 0 Å². The number of halogens is 1. The summed E-state index contributed by atoms with van der Waals surface area (Å²) in [5.74, 6) is 0.367. The zero-order valence-corrected chi connectivity index (χ0v) is 9.02. The summed E-state index contributed by atoms with van der Waals surface area (Å²) in [5.41, 5.74) is 0. The summed E-state index contributed by atoms with van der Waals surface area (Å²) >= 11 is 0. The maximum atomic E-state index is 11.2. The molecule has 1 aliphatic carbocycles. The molecule has 0 amide bonds. The van der Waals surface area contributed by atoms with Crippen LogP contribution in [0.1, 0.15) is 25.7 Å². The zero-order chi connectivity index (χ0) is 8.97. The normalized spacial score (nSPS) is 19.2. The van der Waals surface area contributed by atoms with Crippen molar-refractivity contribution in [2.24, 2.45) is 5.92 Å². The third kappa shape index (κ3) is 3.16. The molecule has 0 radical (unpaired) electrons. The molecule has 4 heteroatoms. The lowest BCUT2D eigenvalue weighted by atomic mass is 9.98. The molecule has 1 fully saturated rings. The fourth-order valence-electron chi connectivity index (χ4n) is 1.96. The molecule has 0 heterocycles. The van der Waals surface area contributed by atoms with Crippen molar-refractivity contribution >= 4 is 18.4 Å². The summed E-state index contributed by atoms with van der Waals surface area (Å²) in [6.07, 6.45) is 4.81. The monoisotopic (exact) mass is 207 g/mol. The van der Waals surface area contributed by atoms with E-state index in [0.717, 1.165) is 12.8 Å². The molecule has 1 N–H and O–H groups in total. The molecular formula is C9H18ClNO2. The number of likely N-dealkylation sites (N-methyl/N-ethyl adjacent to an activating group) is 1. The molecule has 1 atom stereocenters. The van der Waals surface area contributed by atoms with Crippen LogP contribution in [0.3, 0.4) is 0 Å². The fourth-order valence-corrected chi connectivity index (χ4v) is 1.96. The van der Waals surface area contributed by atoms with Crippen molar-refractivity contribution in [2.75, 3.05) is 14.2 Å². The Hall–Kier alpha value is -0.280. The standard InChI is InChI=1S/C9H17NO2.ClH/c1-10-8(9(11)12-2)7-5-3-4-6-7;/h7-8,10H,3-6H2,1-2H3;1H/t8-;/m1./s1. The van der Waals surface area contributed by atoms with Gasteiger partial charge in [-0.25, -0.2) is 0 Å². The van der Waals surface area contributed by atoms with Crippen molar-refractivity contribution in [3.05, 3.63) is 0 Å². The van der Waals surface area contributed by atoms with Crippen molar-refractivity contribution < 1.29 is 9.53 Å². The number of ether oxygens (including phenoxy) is 1. The molecule has 1 aliphatic rings. The van der Waals surface area contributed by atoms with Gasteiger partial charge in [0.05, 0.1) is 7.11 Å². The van der Waals surface area contributed by atoms with E-state index in [-0.39, 0.29) is 24.4 Å². The van der Waals surface area contributed by atoms with Crippen molar-refractivity contribution in [3.63, 3.8) is 0 Å². The van der Waals surface area contributed by atoms with Crippen LogP contribution in [0, 0.1) is 5.92 Å². The molecule has 13 heavy (non-hydrogen) atoms. The van der Waals surface area contributed by atoms with Crippen LogP contribution in [0.4, 0.5) is 0 Å². The summed E-state index contributed by atoms with van der Waals surface area (Å²) in [6, 6.07) is -0.0856. The molecule has 3 nitrogen and oxygen atoms in total. The highest BCUT2D eigenvalue weighted by Crippen LogP contribution is 2.27. The van der Waals surface area contributed by atoms with Gasteiger partial charge in [-0.3, -0.25) is 4.79 Å². The van der Waals surface area contributed by atoms with E-state index in [2.05, 4.69) is 5.32 Å². The largest absolute Gasteiger partial charge is 0.468 e. The fraction of sp³-hybridized carbons (Fsp3) is 0.889. The van der Waals surface area contributed by atoms with Gasteiger partial charge >= 0.3 is 5.97 Å². The third-order valence-electron chi connectivity index (χ3n) is 2.64. The molecule has 0 aromatic heterocycles. The quantitative estimate of drug-likeness (QED) is 0.711. The first-order chi connectivity index (χ1) is 5.79. The summed E-state index contributed by atoms with van der Waals surface area (Å²) in [4.78, 5) is 11.2. The van der Waals surface area contributed by atoms with Gasteiger partial charge in [0.25, 0.3) is 0 Å². The molecule has 0 saturated heterocycles. The van der Waals surface area contributed by atoms with Crippen molar-refractivity contribution in [1.82, 2.24) is 5.32 Å². The number of hydrogen-bond donors (Lipinski definition) is 1. The Bertz CT molecular complexity index is 158. The lowest BCUT2D eigenvalue weighted by Crippen LogP contribution is -2.40. The minimum atomic E-state index is -0.121. The number of rotatable bonds is 3. The number of carbonyl (C=O) groups excluding carboxylic acids is 1. The van der Waals surface area contributed by atoms with Crippen LogP contribution < -0.4 is 5.32 Å². The molecule has 0 aromatic carbocycles. The van der Waals surface area contributed by atoms with E-state index in [1.165, 1.54) is 20.0 Å². The topological polar surface area (TPSA) is 38.3 Å². The highest BCUT2D eigenvalue weighted by Gasteiger charge is 2.29. The van der Waals surface area contributed by atoms with E-state index >= 15 is 0 Å². The Kier molecular flexibility index (Phi) is 6.08. The molecule has 78 valence electrons. The predicted octanol–water partition coefficient (Wildman–Crippen LogP) is 1.36. The molecular weight excluding hydrogens is 190 g/mol. The number of hydrogen-bond acceptors (Lipinski definition) is 3. The molecule has 1 rings (SSSR count). The van der Waals surface area contributed by atoms with Crippen LogP contribution in [0.5, 0.6) is 0 Å². The minimum Gasteiger partial charge on any atom is -0.468 e. The Morgan fingerprint density at radius 2 is 2.00 bits per heavy atom. The second-order valence-corrected chi connectivity index (χ2v) is 3.33. The number of carbonyl (C=O) groups is 1. The molecule has 0 aliphatic heterocycles. The average molecular weight is 208 g/mol. The first kappa shape index (κ1) is 12.7. The van der Waals surface area contributed by atoms with Crippen LogP contribution in [0.25, 0.3) is 0 Å². The third-order valence-corrected chi connectivity index (χ3v) is 2.64. The summed E-state index contributed by atoms with van der Waals surface area (Å²) in [5, 5.41) is 3.02. The van der Waals surface area contributed by atoms with E-state index in [1.54, 1.807) is 0 Å². The van der Waals surface area contributed by atoms with E-state index in [1.807, 2.05) is 7.05 Å². The van der Waals surface area contributed by atoms with Gasteiger partial charge in [-0.1, -0.05) is 12.8 Å². The van der Waals surface area contributed by atoms with Crippen LogP contribution in [-0.2, 0) is 9.53 Å². The number of nitrogens with one attached hydrogen (secondary N) is 1. The van der Waals surface area contributed by atoms with Gasteiger partial charge < -0.3 is 10.1 Å². The van der Waals surface area contributed by atoms with Gasteiger partial charge in [-0.15, -0.1) is 12.4 Å². The Morgan fingerprint density at radius 1 is 1.46 bits per heavy atom. The van der Waals surface area contributed by atoms with Crippen LogP contribution in [-0.4, -0.2) is 26.2 Å². The van der Waals surface area contributed by atoms with Gasteiger partial charge in [0, 0.05) is 0 Å². The first-order valence-electron chi connectivity index (χ1n) is 4.54. The van der Waals surface area contributed by atoms with Gasteiger partial charge in [-0.2, -0.15) is 0 Å². The Labute approximate surface area is 85.6 Å². The highest BCUT2D eigenvalue weighted by atomic mass is 35.5. The van der Waals surface area contributed by atoms with Crippen LogP contribution >= 0.6 is 12.4 Å². The maximum Gasteiger partial charge on any atom is 0.323 e. The predicted molar refractivity (Wildman–Crippen MR) is 54.1 cm³/mol. The minimum absolute atomic E-state index is 0. The van der Waals surface area contributed by atoms with Crippen molar-refractivity contribution in [3.8, 4) is 0 Å². The van der Waals surface area contributed by atoms with E-state index in [0.29, 0.717) is 5.92 Å². The summed E-state index contributed by atoms with van der Waals surface area (Å²) < 4.78 is 4.71. The van der Waals surface area contributed by atoms with E-state index in [4.69, 9.17) is 4.74 Å². The Morgan fingerprint density at radius 3 is 2.38 bits per heavy atom. The second kappa shape index (κ2) is 6.22. The van der Waals surface area contributed by atoms with Gasteiger partial charge in [-0.05, 0) is 25.8 Å². The van der Waals surface area contributed by atoms with E-state index < -0.39 is 0 Å². The van der Waals surface area contributed by atoms with Crippen LogP contribution in [0.15, 0.2) is 0 Å². The average Bonchev–Trinajstić information content (AvgIpc) is 2.58. The van der Waals surface area contributed by atoms with E-state index in [9.17, 15) is 4.79 Å². The lowest BCUT2D eigenvalue weighted by Gasteiger charge is -2.19. The summed E-state index contributed by atoms with van der Waals surface area (Å²) in [6.45, 7) is 0. The van der Waals surface area contributed by atoms with Crippen LogP contribution in [0.2, 0.25) is 0 Å². The van der Waals surface area contributed by atoms with Gasteiger partial charge in [0.1, 0.15) is 6.04 Å². The first-order valence-corrected chi connectivity index (χ1v) is 4.54. The zero-order valence-electron chi connectivity index (χ0n) is 8.21. The second-order valence-electron chi connectivity index (χ2n) is 3.33. The molecule has 0 aromatic rings. The highest BCUT2D eigenvalue weighted by molar-refractivity contribution is 5.85. The molecule has 0 bridgehead atoms. The van der Waals surface area contributed by atoms with Crippen molar-refractivity contribution in [2.45, 2.75) is 31.7 Å². The Balaban J connectivity index is 0.00000144. The SMILES string of the molecule is CN[C@@H](C(=O)OC)C1CCCC1.Cl. The molecule has 0 spiro atoms. The number of esters is 1. The molecule has 1 saturated carbocycles. The number of methoxy groups -OCH3 is 1. The summed E-state index contributed by atoms with van der Waals surface area (Å²) in [7, 11) is 3.27.